The molecule has 0 saturated heterocycles. The Morgan fingerprint density at radius 2 is 1.94 bits per heavy atom. The van der Waals surface area contributed by atoms with Crippen molar-refractivity contribution in [2.75, 3.05) is 5.32 Å². The number of nitrogens with one attached hydrogen (secondary N) is 1. The summed E-state index contributed by atoms with van der Waals surface area (Å²) in [5.41, 5.74) is 2.10. The number of fused-ring (bicyclic) bond motifs is 2. The van der Waals surface area contributed by atoms with Gasteiger partial charge < -0.3 is 5.32 Å². The van der Waals surface area contributed by atoms with Crippen molar-refractivity contribution >= 4 is 51.6 Å². The number of carbonyl (C=O) groups is 1. The molecule has 0 bridgehead atoms. The molecule has 1 aliphatic heterocycles. The number of carbonyl (C=O) groups excluding carboxylic acids is 1. The van der Waals surface area contributed by atoms with Gasteiger partial charge in [-0.15, -0.1) is 0 Å². The topological polar surface area (TPSA) is 29.1 Å². The number of para-hydroxylation sites is 1. The first-order chi connectivity index (χ1) is 8.65. The van der Waals surface area contributed by atoms with Crippen LogP contribution in [0.3, 0.4) is 0 Å². The van der Waals surface area contributed by atoms with Crippen LogP contribution in [0.2, 0.25) is 5.02 Å². The van der Waals surface area contributed by atoms with Gasteiger partial charge >= 0.3 is 0 Å². The van der Waals surface area contributed by atoms with Gasteiger partial charge in [0, 0.05) is 14.8 Å². The summed E-state index contributed by atoms with van der Waals surface area (Å²) >= 11 is 13.2. The Labute approximate surface area is 118 Å². The third-order valence-corrected chi connectivity index (χ3v) is 4.18. The van der Waals surface area contributed by atoms with Crippen LogP contribution in [-0.4, -0.2) is 5.24 Å². The summed E-state index contributed by atoms with van der Waals surface area (Å²) < 4.78 is 0. The van der Waals surface area contributed by atoms with Crippen molar-refractivity contribution in [2.24, 2.45) is 0 Å². The highest BCUT2D eigenvalue weighted by atomic mass is 35.5. The van der Waals surface area contributed by atoms with Crippen molar-refractivity contribution in [3.63, 3.8) is 0 Å². The lowest BCUT2D eigenvalue weighted by Gasteiger charge is -2.22. The van der Waals surface area contributed by atoms with Gasteiger partial charge in [-0.1, -0.05) is 35.5 Å². The lowest BCUT2D eigenvalue weighted by Crippen LogP contribution is -2.05. The van der Waals surface area contributed by atoms with Gasteiger partial charge in [0.15, 0.2) is 0 Å². The van der Waals surface area contributed by atoms with Crippen molar-refractivity contribution < 1.29 is 4.79 Å². The molecule has 0 spiro atoms. The minimum Gasteiger partial charge on any atom is -0.353 e. The zero-order chi connectivity index (χ0) is 12.7. The number of benzene rings is 2. The Morgan fingerprint density at radius 1 is 1.17 bits per heavy atom. The molecule has 0 aliphatic carbocycles. The molecule has 0 radical (unpaired) electrons. The van der Waals surface area contributed by atoms with Crippen molar-refractivity contribution in [3.05, 3.63) is 47.0 Å². The van der Waals surface area contributed by atoms with Gasteiger partial charge in [-0.2, -0.15) is 0 Å². The second kappa shape index (κ2) is 4.50. The maximum Gasteiger partial charge on any atom is 0.254 e. The fourth-order valence-electron chi connectivity index (χ4n) is 1.86. The summed E-state index contributed by atoms with van der Waals surface area (Å²) in [5, 5.41) is 3.23. The summed E-state index contributed by atoms with van der Waals surface area (Å²) in [6.45, 7) is 0. The monoisotopic (exact) mass is 295 g/mol. The molecule has 0 amide bonds. The van der Waals surface area contributed by atoms with Crippen molar-refractivity contribution in [1.29, 1.82) is 0 Å². The van der Waals surface area contributed by atoms with E-state index >= 15 is 0 Å². The average Bonchev–Trinajstić information content (AvgIpc) is 2.35. The first kappa shape index (κ1) is 11.9. The Morgan fingerprint density at radius 3 is 2.72 bits per heavy atom. The first-order valence-electron chi connectivity index (χ1n) is 5.22. The predicted molar refractivity (Wildman–Crippen MR) is 75.5 cm³/mol. The lowest BCUT2D eigenvalue weighted by molar-refractivity contribution is 0.108. The highest BCUT2D eigenvalue weighted by Crippen LogP contribution is 2.46. The molecule has 1 heterocycles. The molecule has 2 aromatic carbocycles. The second-order valence-electron chi connectivity index (χ2n) is 3.82. The molecule has 2 nitrogen and oxygen atoms in total. The SMILES string of the molecule is O=C(Cl)c1cc(Cl)cc2c1Nc1ccccc1S2. The molecule has 0 unspecified atom stereocenters. The van der Waals surface area contributed by atoms with Gasteiger partial charge in [-0.25, -0.2) is 0 Å². The van der Waals surface area contributed by atoms with E-state index in [-0.39, 0.29) is 0 Å². The Balaban J connectivity index is 2.18. The standard InChI is InChI=1S/C13H7Cl2NOS/c14-7-5-8(13(15)17)12-11(6-7)18-10-4-2-1-3-9(10)16-12/h1-6,16H. The first-order valence-corrected chi connectivity index (χ1v) is 6.79. The fourth-order valence-corrected chi connectivity index (χ4v) is 3.35. The maximum atomic E-state index is 11.4. The van der Waals surface area contributed by atoms with Crippen LogP contribution in [0.4, 0.5) is 11.4 Å². The molecule has 0 saturated carbocycles. The van der Waals surface area contributed by atoms with Crippen molar-refractivity contribution in [2.45, 2.75) is 9.79 Å². The number of halogens is 2. The van der Waals surface area contributed by atoms with E-state index in [9.17, 15) is 4.79 Å². The number of hydrogen-bond acceptors (Lipinski definition) is 3. The summed E-state index contributed by atoms with van der Waals surface area (Å²) in [6, 6.07) is 11.3. The molecular formula is C13H7Cl2NOS. The molecule has 5 heteroatoms. The van der Waals surface area contributed by atoms with Crippen LogP contribution in [0.25, 0.3) is 0 Å². The normalized spacial score (nSPS) is 12.3. The Bertz CT molecular complexity index is 657. The molecule has 0 atom stereocenters. The largest absolute Gasteiger partial charge is 0.353 e. The van der Waals surface area contributed by atoms with Gasteiger partial charge in [0.25, 0.3) is 5.24 Å². The third-order valence-electron chi connectivity index (χ3n) is 2.65. The quantitative estimate of drug-likeness (QED) is 0.646. The predicted octanol–water partition coefficient (Wildman–Crippen LogP) is 4.93. The lowest BCUT2D eigenvalue weighted by atomic mass is 10.1. The van der Waals surface area contributed by atoms with Gasteiger partial charge in [0.05, 0.1) is 16.9 Å². The Kier molecular flexibility index (Phi) is 2.98. The summed E-state index contributed by atoms with van der Waals surface area (Å²) in [5.74, 6) is 0. The molecular weight excluding hydrogens is 289 g/mol. The van der Waals surface area contributed by atoms with E-state index < -0.39 is 5.24 Å². The molecule has 90 valence electrons. The van der Waals surface area contributed by atoms with Crippen LogP contribution in [0.1, 0.15) is 10.4 Å². The molecule has 1 N–H and O–H groups in total. The summed E-state index contributed by atoms with van der Waals surface area (Å²) in [6.07, 6.45) is 0. The maximum absolute atomic E-state index is 11.4. The molecule has 2 aromatic rings. The summed E-state index contributed by atoms with van der Waals surface area (Å²) in [4.78, 5) is 13.4. The summed E-state index contributed by atoms with van der Waals surface area (Å²) in [7, 11) is 0. The van der Waals surface area contributed by atoms with Gasteiger partial charge in [0.1, 0.15) is 0 Å². The van der Waals surface area contributed by atoms with E-state index in [1.165, 1.54) is 0 Å². The van der Waals surface area contributed by atoms with Gasteiger partial charge in [0.2, 0.25) is 0 Å². The number of rotatable bonds is 1. The second-order valence-corrected chi connectivity index (χ2v) is 5.69. The molecule has 1 aliphatic rings. The smallest absolute Gasteiger partial charge is 0.254 e. The fraction of sp³-hybridized carbons (Fsp3) is 0. The third kappa shape index (κ3) is 1.99. The van der Waals surface area contributed by atoms with Crippen LogP contribution >= 0.6 is 35.0 Å². The molecule has 18 heavy (non-hydrogen) atoms. The average molecular weight is 296 g/mol. The zero-order valence-corrected chi connectivity index (χ0v) is 11.4. The van der Waals surface area contributed by atoms with E-state index in [2.05, 4.69) is 5.32 Å². The van der Waals surface area contributed by atoms with E-state index in [4.69, 9.17) is 23.2 Å². The van der Waals surface area contributed by atoms with E-state index in [1.54, 1.807) is 17.8 Å². The van der Waals surface area contributed by atoms with Gasteiger partial charge in [-0.3, -0.25) is 4.79 Å². The van der Waals surface area contributed by atoms with E-state index in [1.807, 2.05) is 30.3 Å². The number of anilines is 2. The van der Waals surface area contributed by atoms with E-state index in [0.29, 0.717) is 10.6 Å². The van der Waals surface area contributed by atoms with E-state index in [0.717, 1.165) is 21.2 Å². The van der Waals surface area contributed by atoms with Crippen molar-refractivity contribution in [1.82, 2.24) is 0 Å². The van der Waals surface area contributed by atoms with Crippen LogP contribution in [0.15, 0.2) is 46.2 Å². The van der Waals surface area contributed by atoms with Crippen LogP contribution in [0.5, 0.6) is 0 Å². The van der Waals surface area contributed by atoms with Crippen LogP contribution in [-0.2, 0) is 0 Å². The van der Waals surface area contributed by atoms with Crippen LogP contribution in [0, 0.1) is 0 Å². The highest BCUT2D eigenvalue weighted by molar-refractivity contribution is 7.99. The zero-order valence-electron chi connectivity index (χ0n) is 9.04. The Hall–Kier alpha value is -1.16. The highest BCUT2D eigenvalue weighted by Gasteiger charge is 2.21. The minimum atomic E-state index is -0.513. The van der Waals surface area contributed by atoms with Crippen molar-refractivity contribution in [3.8, 4) is 0 Å². The molecule has 0 aromatic heterocycles. The molecule has 3 rings (SSSR count). The molecule has 0 fully saturated rings. The number of hydrogen-bond donors (Lipinski definition) is 1. The van der Waals surface area contributed by atoms with Gasteiger partial charge in [-0.05, 0) is 35.9 Å². The minimum absolute atomic E-state index is 0.404. The van der Waals surface area contributed by atoms with Crippen LogP contribution < -0.4 is 5.32 Å².